The highest BCUT2D eigenvalue weighted by Gasteiger charge is 2.25. The molecule has 0 fully saturated rings. The van der Waals surface area contributed by atoms with Crippen LogP contribution in [-0.2, 0) is 4.79 Å². The van der Waals surface area contributed by atoms with Crippen molar-refractivity contribution in [2.75, 3.05) is 0 Å². The Kier molecular flexibility index (Phi) is 2.60. The van der Waals surface area contributed by atoms with E-state index in [0.717, 1.165) is 11.1 Å². The van der Waals surface area contributed by atoms with E-state index >= 15 is 0 Å². The largest absolute Gasteiger partial charge is 0.481 e. The van der Waals surface area contributed by atoms with Gasteiger partial charge < -0.3 is 5.11 Å². The number of carboxylic acids is 1. The number of carboxylic acid groups (broad SMARTS) is 1. The van der Waals surface area contributed by atoms with Gasteiger partial charge in [-0.3, -0.25) is 4.79 Å². The highest BCUT2D eigenvalue weighted by Crippen LogP contribution is 2.27. The van der Waals surface area contributed by atoms with E-state index in [2.05, 4.69) is 10.3 Å². The van der Waals surface area contributed by atoms with Crippen LogP contribution in [0.4, 0.5) is 0 Å². The molecule has 1 N–H and O–H groups in total. The van der Waals surface area contributed by atoms with Gasteiger partial charge in [-0.25, -0.2) is 4.52 Å². The van der Waals surface area contributed by atoms with Crippen molar-refractivity contribution in [3.63, 3.8) is 0 Å². The Labute approximate surface area is 92.7 Å². The summed E-state index contributed by atoms with van der Waals surface area (Å²) in [6.45, 7) is 3.79. The summed E-state index contributed by atoms with van der Waals surface area (Å²) in [6.07, 6.45) is 3.35. The van der Waals surface area contributed by atoms with Crippen LogP contribution in [0, 0.1) is 5.92 Å². The molecule has 0 saturated carbocycles. The molecule has 2 heterocycles. The summed E-state index contributed by atoms with van der Waals surface area (Å²) < 4.78 is 1.59. The van der Waals surface area contributed by atoms with Crippen molar-refractivity contribution in [3.8, 4) is 0 Å². The smallest absolute Gasteiger partial charge is 0.311 e. The maximum atomic E-state index is 11.3. The van der Waals surface area contributed by atoms with E-state index in [1.165, 1.54) is 0 Å². The van der Waals surface area contributed by atoms with E-state index in [4.69, 9.17) is 0 Å². The van der Waals surface area contributed by atoms with Gasteiger partial charge in [0.25, 0.3) is 0 Å². The molecule has 5 heteroatoms. The van der Waals surface area contributed by atoms with E-state index in [-0.39, 0.29) is 5.92 Å². The van der Waals surface area contributed by atoms with Crippen molar-refractivity contribution in [1.29, 1.82) is 0 Å². The van der Waals surface area contributed by atoms with Gasteiger partial charge in [-0.2, -0.15) is 0 Å². The molecule has 0 spiro atoms. The van der Waals surface area contributed by atoms with Crippen LogP contribution in [0.15, 0.2) is 24.5 Å². The number of aromatic nitrogens is 3. The SMILES string of the molecule is CC(C)C(C(=O)O)c1cccn2nncc12. The molecule has 0 aliphatic heterocycles. The molecule has 0 amide bonds. The zero-order chi connectivity index (χ0) is 11.7. The zero-order valence-corrected chi connectivity index (χ0v) is 9.16. The monoisotopic (exact) mass is 219 g/mol. The molecular weight excluding hydrogens is 206 g/mol. The molecule has 0 aromatic carbocycles. The van der Waals surface area contributed by atoms with Crippen molar-refractivity contribution >= 4 is 11.5 Å². The number of carbonyl (C=O) groups is 1. The molecule has 0 radical (unpaired) electrons. The summed E-state index contributed by atoms with van der Waals surface area (Å²) in [7, 11) is 0. The van der Waals surface area contributed by atoms with E-state index in [0.29, 0.717) is 0 Å². The van der Waals surface area contributed by atoms with Crippen LogP contribution in [0.5, 0.6) is 0 Å². The Bertz CT molecular complexity index is 519. The predicted octanol–water partition coefficient (Wildman–Crippen LogP) is 1.55. The molecule has 1 atom stereocenters. The van der Waals surface area contributed by atoms with E-state index < -0.39 is 11.9 Å². The fourth-order valence-corrected chi connectivity index (χ4v) is 1.91. The lowest BCUT2D eigenvalue weighted by molar-refractivity contribution is -0.139. The molecule has 0 bridgehead atoms. The van der Waals surface area contributed by atoms with Crippen molar-refractivity contribution < 1.29 is 9.90 Å². The zero-order valence-electron chi connectivity index (χ0n) is 9.16. The fraction of sp³-hybridized carbons (Fsp3) is 0.364. The van der Waals surface area contributed by atoms with E-state index in [1.54, 1.807) is 23.0 Å². The second-order valence-corrected chi connectivity index (χ2v) is 4.09. The molecule has 2 rings (SSSR count). The summed E-state index contributed by atoms with van der Waals surface area (Å²) in [5.74, 6) is -1.31. The quantitative estimate of drug-likeness (QED) is 0.850. The van der Waals surface area contributed by atoms with E-state index in [1.807, 2.05) is 19.9 Å². The lowest BCUT2D eigenvalue weighted by Gasteiger charge is -2.16. The molecule has 84 valence electrons. The molecule has 0 aliphatic rings. The van der Waals surface area contributed by atoms with Crippen molar-refractivity contribution in [3.05, 3.63) is 30.1 Å². The van der Waals surface area contributed by atoms with Gasteiger partial charge in [0.2, 0.25) is 0 Å². The number of aliphatic carboxylic acids is 1. The minimum Gasteiger partial charge on any atom is -0.481 e. The normalized spacial score (nSPS) is 13.2. The highest BCUT2D eigenvalue weighted by atomic mass is 16.4. The average molecular weight is 219 g/mol. The maximum absolute atomic E-state index is 11.3. The van der Waals surface area contributed by atoms with E-state index in [9.17, 15) is 9.90 Å². The van der Waals surface area contributed by atoms with Gasteiger partial charge in [0.15, 0.2) is 0 Å². The van der Waals surface area contributed by atoms with Gasteiger partial charge >= 0.3 is 5.97 Å². The second-order valence-electron chi connectivity index (χ2n) is 4.09. The Morgan fingerprint density at radius 1 is 1.50 bits per heavy atom. The third kappa shape index (κ3) is 1.64. The lowest BCUT2D eigenvalue weighted by atomic mass is 9.88. The molecule has 2 aromatic rings. The van der Waals surface area contributed by atoms with Crippen LogP contribution in [0.25, 0.3) is 5.52 Å². The number of fused-ring (bicyclic) bond motifs is 1. The summed E-state index contributed by atoms with van der Waals surface area (Å²) in [6, 6.07) is 3.60. The number of hydrogen-bond acceptors (Lipinski definition) is 3. The average Bonchev–Trinajstić information content (AvgIpc) is 2.65. The number of nitrogens with zero attached hydrogens (tertiary/aromatic N) is 3. The Balaban J connectivity index is 2.60. The standard InChI is InChI=1S/C11H13N3O2/c1-7(2)10(11(15)16)8-4-3-5-14-9(8)6-12-13-14/h3-7,10H,1-2H3,(H,15,16). The van der Waals surface area contributed by atoms with Crippen LogP contribution >= 0.6 is 0 Å². The van der Waals surface area contributed by atoms with Crippen LogP contribution in [0.2, 0.25) is 0 Å². The summed E-state index contributed by atoms with van der Waals surface area (Å²) >= 11 is 0. The Morgan fingerprint density at radius 2 is 2.25 bits per heavy atom. The number of pyridine rings is 1. The van der Waals surface area contributed by atoms with Gasteiger partial charge in [-0.05, 0) is 17.5 Å². The van der Waals surface area contributed by atoms with Gasteiger partial charge in [-0.15, -0.1) is 5.10 Å². The van der Waals surface area contributed by atoms with Gasteiger partial charge in [0, 0.05) is 6.20 Å². The predicted molar refractivity (Wildman–Crippen MR) is 58.2 cm³/mol. The first-order chi connectivity index (χ1) is 7.61. The minimum absolute atomic E-state index is 0.0265. The van der Waals surface area contributed by atoms with Gasteiger partial charge in [-0.1, -0.05) is 25.1 Å². The van der Waals surface area contributed by atoms with Crippen LogP contribution < -0.4 is 0 Å². The third-order valence-electron chi connectivity index (χ3n) is 2.64. The van der Waals surface area contributed by atoms with Crippen LogP contribution in [0.1, 0.15) is 25.3 Å². The van der Waals surface area contributed by atoms with Gasteiger partial charge in [0.05, 0.1) is 17.6 Å². The summed E-state index contributed by atoms with van der Waals surface area (Å²) in [5, 5.41) is 16.9. The summed E-state index contributed by atoms with van der Waals surface area (Å²) in [4.78, 5) is 11.3. The van der Waals surface area contributed by atoms with Gasteiger partial charge in [0.1, 0.15) is 0 Å². The topological polar surface area (TPSA) is 67.5 Å². The molecule has 0 saturated heterocycles. The summed E-state index contributed by atoms with van der Waals surface area (Å²) in [5.41, 5.74) is 1.51. The van der Waals surface area contributed by atoms with Crippen molar-refractivity contribution in [2.24, 2.45) is 5.92 Å². The van der Waals surface area contributed by atoms with Crippen molar-refractivity contribution in [1.82, 2.24) is 14.8 Å². The molecule has 5 nitrogen and oxygen atoms in total. The Hall–Kier alpha value is -1.91. The lowest BCUT2D eigenvalue weighted by Crippen LogP contribution is -2.18. The Morgan fingerprint density at radius 3 is 2.88 bits per heavy atom. The van der Waals surface area contributed by atoms with Crippen LogP contribution in [0.3, 0.4) is 0 Å². The second kappa shape index (κ2) is 3.92. The molecule has 16 heavy (non-hydrogen) atoms. The molecule has 0 aliphatic carbocycles. The highest BCUT2D eigenvalue weighted by molar-refractivity contribution is 5.79. The third-order valence-corrected chi connectivity index (χ3v) is 2.64. The first-order valence-corrected chi connectivity index (χ1v) is 5.13. The molecular formula is C11H13N3O2. The first kappa shape index (κ1) is 10.6. The minimum atomic E-state index is -0.815. The molecule has 1 unspecified atom stereocenters. The fourth-order valence-electron chi connectivity index (χ4n) is 1.91. The number of hydrogen-bond donors (Lipinski definition) is 1. The number of rotatable bonds is 3. The van der Waals surface area contributed by atoms with Crippen molar-refractivity contribution in [2.45, 2.75) is 19.8 Å². The first-order valence-electron chi connectivity index (χ1n) is 5.13. The maximum Gasteiger partial charge on any atom is 0.311 e. The van der Waals surface area contributed by atoms with Crippen LogP contribution in [-0.4, -0.2) is 25.9 Å². The molecule has 2 aromatic heterocycles.